The fourth-order valence-electron chi connectivity index (χ4n) is 2.12. The van der Waals surface area contributed by atoms with Gasteiger partial charge in [0.2, 0.25) is 0 Å². The Bertz CT molecular complexity index is 819. The van der Waals surface area contributed by atoms with Gasteiger partial charge in [0.15, 0.2) is 5.13 Å². The van der Waals surface area contributed by atoms with Crippen molar-refractivity contribution in [1.82, 2.24) is 20.3 Å². The molecule has 0 bridgehead atoms. The number of anilines is 2. The van der Waals surface area contributed by atoms with Gasteiger partial charge in [0.25, 0.3) is 5.91 Å². The van der Waals surface area contributed by atoms with Crippen molar-refractivity contribution in [2.24, 2.45) is 0 Å². The number of aryl methyl sites for hydroxylation is 1. The van der Waals surface area contributed by atoms with Gasteiger partial charge in [0.05, 0.1) is 0 Å². The van der Waals surface area contributed by atoms with Crippen molar-refractivity contribution in [1.29, 1.82) is 0 Å². The summed E-state index contributed by atoms with van der Waals surface area (Å²) in [6, 6.07) is 9.58. The minimum Gasteiger partial charge on any atom is -0.350 e. The SMILES string of the molecule is Cc1cccc(Nc2nc(C(=O)NCCc3ccncc3)cs2)n1. The molecular formula is C17H17N5OS. The molecule has 0 saturated heterocycles. The van der Waals surface area contributed by atoms with Gasteiger partial charge in [-0.15, -0.1) is 11.3 Å². The van der Waals surface area contributed by atoms with Crippen molar-refractivity contribution in [2.45, 2.75) is 13.3 Å². The normalized spacial score (nSPS) is 10.4. The van der Waals surface area contributed by atoms with Gasteiger partial charge in [-0.25, -0.2) is 9.97 Å². The van der Waals surface area contributed by atoms with Crippen LogP contribution >= 0.6 is 11.3 Å². The van der Waals surface area contributed by atoms with Gasteiger partial charge in [0, 0.05) is 30.0 Å². The van der Waals surface area contributed by atoms with E-state index in [0.717, 1.165) is 17.7 Å². The first-order valence-corrected chi connectivity index (χ1v) is 8.42. The van der Waals surface area contributed by atoms with Crippen LogP contribution in [-0.2, 0) is 6.42 Å². The zero-order chi connectivity index (χ0) is 16.8. The Labute approximate surface area is 144 Å². The molecule has 3 heterocycles. The molecule has 3 rings (SSSR count). The first-order chi connectivity index (χ1) is 11.7. The second kappa shape index (κ2) is 7.65. The highest BCUT2D eigenvalue weighted by atomic mass is 32.1. The molecule has 122 valence electrons. The number of hydrogen-bond donors (Lipinski definition) is 2. The summed E-state index contributed by atoms with van der Waals surface area (Å²) in [5.74, 6) is 0.541. The van der Waals surface area contributed by atoms with Gasteiger partial charge in [-0.1, -0.05) is 6.07 Å². The quantitative estimate of drug-likeness (QED) is 0.722. The molecule has 6 nitrogen and oxygen atoms in total. The lowest BCUT2D eigenvalue weighted by Gasteiger charge is -2.03. The molecule has 0 aliphatic rings. The summed E-state index contributed by atoms with van der Waals surface area (Å²) in [6.07, 6.45) is 4.25. The van der Waals surface area contributed by atoms with Crippen molar-refractivity contribution in [3.63, 3.8) is 0 Å². The van der Waals surface area contributed by atoms with Crippen molar-refractivity contribution in [3.05, 3.63) is 65.1 Å². The predicted octanol–water partition coefficient (Wildman–Crippen LogP) is 2.96. The summed E-state index contributed by atoms with van der Waals surface area (Å²) >= 11 is 1.38. The van der Waals surface area contributed by atoms with Crippen molar-refractivity contribution >= 4 is 28.2 Å². The zero-order valence-corrected chi connectivity index (χ0v) is 14.0. The smallest absolute Gasteiger partial charge is 0.270 e. The monoisotopic (exact) mass is 339 g/mol. The number of nitrogens with one attached hydrogen (secondary N) is 2. The van der Waals surface area contributed by atoms with Gasteiger partial charge in [0.1, 0.15) is 11.5 Å². The minimum atomic E-state index is -0.175. The maximum atomic E-state index is 12.1. The first kappa shape index (κ1) is 16.1. The van der Waals surface area contributed by atoms with E-state index in [2.05, 4.69) is 25.6 Å². The van der Waals surface area contributed by atoms with Crippen LogP contribution in [0.3, 0.4) is 0 Å². The fourth-order valence-corrected chi connectivity index (χ4v) is 2.82. The van der Waals surface area contributed by atoms with Crippen LogP contribution in [0.4, 0.5) is 10.9 Å². The van der Waals surface area contributed by atoms with Crippen LogP contribution in [0.5, 0.6) is 0 Å². The molecule has 0 unspecified atom stereocenters. The lowest BCUT2D eigenvalue weighted by molar-refractivity contribution is 0.0950. The molecule has 24 heavy (non-hydrogen) atoms. The highest BCUT2D eigenvalue weighted by Crippen LogP contribution is 2.19. The lowest BCUT2D eigenvalue weighted by atomic mass is 10.2. The number of carbonyl (C=O) groups excluding carboxylic acids is 1. The summed E-state index contributed by atoms with van der Waals surface area (Å²) in [6.45, 7) is 2.48. The minimum absolute atomic E-state index is 0.175. The van der Waals surface area contributed by atoms with E-state index in [1.165, 1.54) is 11.3 Å². The third-order valence-electron chi connectivity index (χ3n) is 3.31. The zero-order valence-electron chi connectivity index (χ0n) is 13.2. The molecule has 0 fully saturated rings. The molecule has 0 aliphatic carbocycles. The highest BCUT2D eigenvalue weighted by molar-refractivity contribution is 7.14. The van der Waals surface area contributed by atoms with Gasteiger partial charge < -0.3 is 10.6 Å². The Morgan fingerprint density at radius 1 is 1.17 bits per heavy atom. The van der Waals surface area contributed by atoms with Gasteiger partial charge in [-0.3, -0.25) is 9.78 Å². The molecule has 3 aromatic rings. The van der Waals surface area contributed by atoms with Crippen LogP contribution < -0.4 is 10.6 Å². The highest BCUT2D eigenvalue weighted by Gasteiger charge is 2.10. The number of rotatable bonds is 6. The summed E-state index contributed by atoms with van der Waals surface area (Å²) in [5, 5.41) is 8.37. The van der Waals surface area contributed by atoms with Gasteiger partial charge in [-0.05, 0) is 43.2 Å². The molecule has 0 saturated carbocycles. The number of pyridine rings is 2. The van der Waals surface area contributed by atoms with Crippen molar-refractivity contribution in [3.8, 4) is 0 Å². The molecule has 0 aliphatic heterocycles. The predicted molar refractivity (Wildman–Crippen MR) is 94.6 cm³/mol. The molecule has 0 atom stereocenters. The fraction of sp³-hybridized carbons (Fsp3) is 0.176. The Morgan fingerprint density at radius 3 is 2.79 bits per heavy atom. The van der Waals surface area contributed by atoms with Crippen molar-refractivity contribution < 1.29 is 4.79 Å². The van der Waals surface area contributed by atoms with Crippen LogP contribution in [0, 0.1) is 6.92 Å². The molecule has 3 aromatic heterocycles. The van der Waals surface area contributed by atoms with Crippen LogP contribution in [0.2, 0.25) is 0 Å². The van der Waals surface area contributed by atoms with E-state index in [4.69, 9.17) is 0 Å². The maximum Gasteiger partial charge on any atom is 0.270 e. The number of nitrogens with zero attached hydrogens (tertiary/aromatic N) is 3. The number of hydrogen-bond acceptors (Lipinski definition) is 6. The lowest BCUT2D eigenvalue weighted by Crippen LogP contribution is -2.26. The van der Waals surface area contributed by atoms with Crippen LogP contribution in [0.25, 0.3) is 0 Å². The topological polar surface area (TPSA) is 79.8 Å². The van der Waals surface area contributed by atoms with Crippen LogP contribution in [0.15, 0.2) is 48.1 Å². The van der Waals surface area contributed by atoms with E-state index < -0.39 is 0 Å². The third kappa shape index (κ3) is 4.36. The Balaban J connectivity index is 1.53. The second-order valence-electron chi connectivity index (χ2n) is 5.19. The second-order valence-corrected chi connectivity index (χ2v) is 6.05. The first-order valence-electron chi connectivity index (χ1n) is 7.54. The summed E-state index contributed by atoms with van der Waals surface area (Å²) < 4.78 is 0. The molecular weight excluding hydrogens is 322 g/mol. The molecule has 0 aromatic carbocycles. The maximum absolute atomic E-state index is 12.1. The molecule has 0 spiro atoms. The Morgan fingerprint density at radius 2 is 2.00 bits per heavy atom. The average molecular weight is 339 g/mol. The Hall–Kier alpha value is -2.80. The van der Waals surface area contributed by atoms with Crippen molar-refractivity contribution in [2.75, 3.05) is 11.9 Å². The average Bonchev–Trinajstić information content (AvgIpc) is 3.04. The van der Waals surface area contributed by atoms with E-state index in [1.807, 2.05) is 37.3 Å². The molecule has 7 heteroatoms. The molecule has 1 amide bonds. The van der Waals surface area contributed by atoms with E-state index in [9.17, 15) is 4.79 Å². The number of carbonyl (C=O) groups is 1. The summed E-state index contributed by atoms with van der Waals surface area (Å²) in [4.78, 5) is 24.8. The van der Waals surface area contributed by atoms with Gasteiger partial charge >= 0.3 is 0 Å². The van der Waals surface area contributed by atoms with Crippen LogP contribution in [0.1, 0.15) is 21.7 Å². The molecule has 2 N–H and O–H groups in total. The number of aromatic nitrogens is 3. The summed E-state index contributed by atoms with van der Waals surface area (Å²) in [5.41, 5.74) is 2.46. The number of thiazole rings is 1. The third-order valence-corrected chi connectivity index (χ3v) is 4.07. The van der Waals surface area contributed by atoms with Gasteiger partial charge in [-0.2, -0.15) is 0 Å². The Kier molecular flexibility index (Phi) is 5.12. The number of amides is 1. The molecule has 0 radical (unpaired) electrons. The van der Waals surface area contributed by atoms with Crippen LogP contribution in [-0.4, -0.2) is 27.4 Å². The van der Waals surface area contributed by atoms with E-state index in [0.29, 0.717) is 23.2 Å². The van der Waals surface area contributed by atoms with E-state index >= 15 is 0 Å². The summed E-state index contributed by atoms with van der Waals surface area (Å²) in [7, 11) is 0. The van der Waals surface area contributed by atoms with E-state index in [-0.39, 0.29) is 5.91 Å². The standard InChI is InChI=1S/C17H17N5OS/c1-12-3-2-4-15(20-12)22-17-21-14(11-24-17)16(23)19-10-7-13-5-8-18-9-6-13/h2-6,8-9,11H,7,10H2,1H3,(H,19,23)(H,20,21,22). The largest absolute Gasteiger partial charge is 0.350 e. The van der Waals surface area contributed by atoms with E-state index in [1.54, 1.807) is 17.8 Å².